The number of carbonyl (C=O) groups excluding carboxylic acids is 1. The summed E-state index contributed by atoms with van der Waals surface area (Å²) in [5, 5.41) is 22.3. The van der Waals surface area contributed by atoms with Crippen molar-refractivity contribution < 1.29 is 27.3 Å². The standard InChI is InChI=1S/C22H13ClF3N3O4/c1-12-2-5-16(19(8-12)29(31)32)20-7-4-15(33-20)9-13(11-27)21(30)28-14-3-6-17(18(23)10-14)22(24,25)26/h2-10H,1H3,(H,28,30)/b13-9+. The predicted molar refractivity (Wildman–Crippen MR) is 114 cm³/mol. The molecule has 0 saturated heterocycles. The molecule has 1 aromatic heterocycles. The van der Waals surface area contributed by atoms with Crippen LogP contribution in [0.2, 0.25) is 5.02 Å². The zero-order valence-electron chi connectivity index (χ0n) is 16.7. The molecule has 7 nitrogen and oxygen atoms in total. The Balaban J connectivity index is 1.85. The Hall–Kier alpha value is -4.10. The van der Waals surface area contributed by atoms with Crippen LogP contribution in [-0.4, -0.2) is 10.8 Å². The van der Waals surface area contributed by atoms with Gasteiger partial charge in [-0.1, -0.05) is 17.7 Å². The van der Waals surface area contributed by atoms with E-state index in [4.69, 9.17) is 16.0 Å². The third kappa shape index (κ3) is 5.39. The largest absolute Gasteiger partial charge is 0.456 e. The van der Waals surface area contributed by atoms with E-state index in [0.29, 0.717) is 11.6 Å². The first-order valence-corrected chi connectivity index (χ1v) is 9.52. The molecule has 1 N–H and O–H groups in total. The van der Waals surface area contributed by atoms with Crippen LogP contribution >= 0.6 is 11.6 Å². The SMILES string of the molecule is Cc1ccc(-c2ccc(/C=C(\C#N)C(=O)Nc3ccc(C(F)(F)F)c(Cl)c3)o2)c([N+](=O)[O-])c1. The lowest BCUT2D eigenvalue weighted by molar-refractivity contribution is -0.384. The number of aryl methyl sites for hydroxylation is 1. The summed E-state index contributed by atoms with van der Waals surface area (Å²) in [6, 6.07) is 11.7. The number of nitriles is 1. The van der Waals surface area contributed by atoms with E-state index in [1.165, 1.54) is 24.3 Å². The number of anilines is 1. The number of nitro groups is 1. The number of nitrogens with one attached hydrogen (secondary N) is 1. The van der Waals surface area contributed by atoms with Crippen molar-refractivity contribution >= 4 is 35.0 Å². The quantitative estimate of drug-likeness (QED) is 0.199. The maximum absolute atomic E-state index is 12.8. The lowest BCUT2D eigenvalue weighted by Gasteiger charge is -2.10. The van der Waals surface area contributed by atoms with Gasteiger partial charge < -0.3 is 9.73 Å². The van der Waals surface area contributed by atoms with E-state index < -0.39 is 33.2 Å². The number of halogens is 4. The normalized spacial score (nSPS) is 11.7. The number of alkyl halides is 3. The predicted octanol–water partition coefficient (Wildman–Crippen LogP) is 6.38. The molecule has 0 aliphatic rings. The van der Waals surface area contributed by atoms with E-state index in [-0.39, 0.29) is 28.5 Å². The van der Waals surface area contributed by atoms with E-state index in [1.807, 2.05) is 0 Å². The van der Waals surface area contributed by atoms with Crippen LogP contribution in [0, 0.1) is 28.4 Å². The lowest BCUT2D eigenvalue weighted by Crippen LogP contribution is -2.14. The number of amides is 1. The summed E-state index contributed by atoms with van der Waals surface area (Å²) in [5.41, 5.74) is -0.791. The second-order valence-corrected chi connectivity index (χ2v) is 7.20. The first kappa shape index (κ1) is 23.6. The second kappa shape index (κ2) is 9.18. The van der Waals surface area contributed by atoms with Crippen molar-refractivity contribution in [2.75, 3.05) is 5.32 Å². The van der Waals surface area contributed by atoms with Crippen LogP contribution in [0.3, 0.4) is 0 Å². The van der Waals surface area contributed by atoms with Crippen LogP contribution in [-0.2, 0) is 11.0 Å². The van der Waals surface area contributed by atoms with Crippen molar-refractivity contribution in [2.45, 2.75) is 13.1 Å². The number of benzene rings is 2. The zero-order chi connectivity index (χ0) is 24.3. The van der Waals surface area contributed by atoms with Gasteiger partial charge in [0.05, 0.1) is 21.1 Å². The molecule has 0 aliphatic heterocycles. The number of hydrogen-bond donors (Lipinski definition) is 1. The van der Waals surface area contributed by atoms with E-state index in [0.717, 1.165) is 18.2 Å². The Labute approximate surface area is 189 Å². The number of rotatable bonds is 5. The molecular weight excluding hydrogens is 463 g/mol. The Morgan fingerprint density at radius 3 is 2.55 bits per heavy atom. The molecule has 2 aromatic carbocycles. The maximum atomic E-state index is 12.8. The molecule has 1 heterocycles. The average molecular weight is 476 g/mol. The molecule has 0 bridgehead atoms. The highest BCUT2D eigenvalue weighted by Gasteiger charge is 2.33. The Bertz CT molecular complexity index is 1320. The summed E-state index contributed by atoms with van der Waals surface area (Å²) in [4.78, 5) is 23.2. The minimum absolute atomic E-state index is 0.0467. The lowest BCUT2D eigenvalue weighted by atomic mass is 10.1. The van der Waals surface area contributed by atoms with Gasteiger partial charge in [0.1, 0.15) is 23.2 Å². The molecule has 168 valence electrons. The summed E-state index contributed by atoms with van der Waals surface area (Å²) in [6.07, 6.45) is -3.55. The Morgan fingerprint density at radius 2 is 1.94 bits per heavy atom. The van der Waals surface area contributed by atoms with E-state index in [9.17, 15) is 33.3 Å². The van der Waals surface area contributed by atoms with Gasteiger partial charge >= 0.3 is 6.18 Å². The molecule has 3 aromatic rings. The van der Waals surface area contributed by atoms with Gasteiger partial charge in [-0.3, -0.25) is 14.9 Å². The van der Waals surface area contributed by atoms with Gasteiger partial charge in [-0.25, -0.2) is 0 Å². The van der Waals surface area contributed by atoms with Crippen molar-refractivity contribution in [3.05, 3.63) is 86.1 Å². The minimum atomic E-state index is -4.65. The van der Waals surface area contributed by atoms with Crippen molar-refractivity contribution in [3.8, 4) is 17.4 Å². The van der Waals surface area contributed by atoms with Crippen LogP contribution in [0.15, 0.2) is 58.5 Å². The number of carbonyl (C=O) groups is 1. The zero-order valence-corrected chi connectivity index (χ0v) is 17.5. The maximum Gasteiger partial charge on any atom is 0.417 e. The van der Waals surface area contributed by atoms with Crippen LogP contribution in [0.1, 0.15) is 16.9 Å². The number of furan rings is 1. The number of hydrogen-bond acceptors (Lipinski definition) is 5. The fraction of sp³-hybridized carbons (Fsp3) is 0.0909. The number of nitrogens with zero attached hydrogens (tertiary/aromatic N) is 2. The van der Waals surface area contributed by atoms with Crippen LogP contribution in [0.25, 0.3) is 17.4 Å². The van der Waals surface area contributed by atoms with Crippen molar-refractivity contribution in [3.63, 3.8) is 0 Å². The van der Waals surface area contributed by atoms with Crippen LogP contribution < -0.4 is 5.32 Å². The minimum Gasteiger partial charge on any atom is -0.456 e. The highest BCUT2D eigenvalue weighted by atomic mass is 35.5. The van der Waals surface area contributed by atoms with Gasteiger partial charge in [0.25, 0.3) is 11.6 Å². The molecule has 3 rings (SSSR count). The van der Waals surface area contributed by atoms with Gasteiger partial charge in [-0.2, -0.15) is 18.4 Å². The molecule has 0 atom stereocenters. The van der Waals surface area contributed by atoms with E-state index >= 15 is 0 Å². The molecule has 0 spiro atoms. The summed E-state index contributed by atoms with van der Waals surface area (Å²) in [5.74, 6) is -0.690. The van der Waals surface area contributed by atoms with Gasteiger partial charge in [0, 0.05) is 17.8 Å². The summed E-state index contributed by atoms with van der Waals surface area (Å²) >= 11 is 5.63. The molecule has 33 heavy (non-hydrogen) atoms. The van der Waals surface area contributed by atoms with Gasteiger partial charge in [0.2, 0.25) is 0 Å². The topological polar surface area (TPSA) is 109 Å². The van der Waals surface area contributed by atoms with Crippen molar-refractivity contribution in [1.29, 1.82) is 5.26 Å². The third-order valence-electron chi connectivity index (χ3n) is 4.43. The molecule has 0 aliphatic carbocycles. The Morgan fingerprint density at radius 1 is 1.21 bits per heavy atom. The van der Waals surface area contributed by atoms with E-state index in [1.54, 1.807) is 19.1 Å². The highest BCUT2D eigenvalue weighted by molar-refractivity contribution is 6.31. The van der Waals surface area contributed by atoms with Crippen LogP contribution in [0.4, 0.5) is 24.5 Å². The van der Waals surface area contributed by atoms with Crippen molar-refractivity contribution in [1.82, 2.24) is 0 Å². The number of nitro benzene ring substituents is 1. The summed E-state index contributed by atoms with van der Waals surface area (Å²) in [6.45, 7) is 1.70. The molecule has 0 fully saturated rings. The molecular formula is C22H13ClF3N3O4. The van der Waals surface area contributed by atoms with Crippen LogP contribution in [0.5, 0.6) is 0 Å². The molecule has 11 heteroatoms. The van der Waals surface area contributed by atoms with Gasteiger partial charge in [-0.15, -0.1) is 0 Å². The monoisotopic (exact) mass is 475 g/mol. The fourth-order valence-electron chi connectivity index (χ4n) is 2.89. The third-order valence-corrected chi connectivity index (χ3v) is 4.74. The highest BCUT2D eigenvalue weighted by Crippen LogP contribution is 2.36. The first-order valence-electron chi connectivity index (χ1n) is 9.14. The second-order valence-electron chi connectivity index (χ2n) is 6.80. The summed E-state index contributed by atoms with van der Waals surface area (Å²) < 4.78 is 44.0. The summed E-state index contributed by atoms with van der Waals surface area (Å²) in [7, 11) is 0. The molecule has 0 saturated carbocycles. The van der Waals surface area contributed by atoms with Gasteiger partial charge in [-0.05, 0) is 48.9 Å². The average Bonchev–Trinajstić information content (AvgIpc) is 3.19. The molecule has 0 radical (unpaired) electrons. The fourth-order valence-corrected chi connectivity index (χ4v) is 3.18. The molecule has 1 amide bonds. The van der Waals surface area contributed by atoms with E-state index in [2.05, 4.69) is 5.32 Å². The molecule has 0 unspecified atom stereocenters. The smallest absolute Gasteiger partial charge is 0.417 e. The Kier molecular flexibility index (Phi) is 6.55. The van der Waals surface area contributed by atoms with Gasteiger partial charge in [0.15, 0.2) is 0 Å². The van der Waals surface area contributed by atoms with Crippen molar-refractivity contribution in [2.24, 2.45) is 0 Å². The first-order chi connectivity index (χ1) is 15.5.